The minimum atomic E-state index is -0.538. The van der Waals surface area contributed by atoms with Crippen LogP contribution in [0.5, 0.6) is 0 Å². The maximum Gasteiger partial charge on any atom is 0.255 e. The van der Waals surface area contributed by atoms with Gasteiger partial charge in [0.1, 0.15) is 0 Å². The predicted octanol–water partition coefficient (Wildman–Crippen LogP) is 4.19. The summed E-state index contributed by atoms with van der Waals surface area (Å²) in [5.74, 6) is 1.36. The summed E-state index contributed by atoms with van der Waals surface area (Å²) in [7, 11) is 0. The molecular weight excluding hydrogens is 360 g/mol. The van der Waals surface area contributed by atoms with Crippen molar-refractivity contribution in [3.8, 4) is 0 Å². The van der Waals surface area contributed by atoms with E-state index >= 15 is 0 Å². The third-order valence-electron chi connectivity index (χ3n) is 4.09. The molecule has 6 nitrogen and oxygen atoms in total. The van der Waals surface area contributed by atoms with Gasteiger partial charge in [0.2, 0.25) is 5.95 Å². The first-order chi connectivity index (χ1) is 11.8. The number of nitrogens with zero attached hydrogens (tertiary/aromatic N) is 3. The molecule has 1 N–H and O–H groups in total. The summed E-state index contributed by atoms with van der Waals surface area (Å²) in [5.41, 5.74) is -0.538. The summed E-state index contributed by atoms with van der Waals surface area (Å²) in [4.78, 5) is 18.5. The Labute approximate surface area is 156 Å². The second-order valence-corrected chi connectivity index (χ2v) is 9.01. The van der Waals surface area contributed by atoms with Gasteiger partial charge in [0.05, 0.1) is 10.9 Å². The lowest BCUT2D eigenvalue weighted by Gasteiger charge is -2.19. The standard InChI is InChI=1S/C17H23ClN4O2S/c1-17(2,3)15(23)22-16(19-10-12-4-5-13(18)25-12)20-14(21-22)11-6-8-24-9-7-11/h4-5,11H,6-10H2,1-3H3,(H,19,20,21). The molecule has 25 heavy (non-hydrogen) atoms. The van der Waals surface area contributed by atoms with Gasteiger partial charge >= 0.3 is 0 Å². The molecule has 2 aromatic rings. The normalized spacial score (nSPS) is 16.2. The Balaban J connectivity index is 1.85. The number of thiophene rings is 1. The van der Waals surface area contributed by atoms with Gasteiger partial charge < -0.3 is 10.1 Å². The number of halogens is 1. The molecule has 3 rings (SSSR count). The zero-order chi connectivity index (χ0) is 18.0. The molecule has 0 radical (unpaired) electrons. The van der Waals surface area contributed by atoms with E-state index < -0.39 is 5.41 Å². The summed E-state index contributed by atoms with van der Waals surface area (Å²) in [5, 5.41) is 7.78. The number of aromatic nitrogens is 3. The summed E-state index contributed by atoms with van der Waals surface area (Å²) in [6, 6.07) is 3.83. The van der Waals surface area contributed by atoms with Crippen LogP contribution in [0.25, 0.3) is 0 Å². The molecule has 3 heterocycles. The number of rotatable bonds is 4. The first-order valence-corrected chi connectivity index (χ1v) is 9.61. The molecule has 0 saturated carbocycles. The monoisotopic (exact) mass is 382 g/mol. The van der Waals surface area contributed by atoms with Gasteiger partial charge in [-0.2, -0.15) is 9.67 Å². The van der Waals surface area contributed by atoms with Gasteiger partial charge in [-0.15, -0.1) is 16.4 Å². The molecule has 1 saturated heterocycles. The van der Waals surface area contributed by atoms with Gasteiger partial charge in [0.25, 0.3) is 5.91 Å². The van der Waals surface area contributed by atoms with Crippen molar-refractivity contribution >= 4 is 34.8 Å². The lowest BCUT2D eigenvalue weighted by Crippen LogP contribution is -2.29. The van der Waals surface area contributed by atoms with Gasteiger partial charge in [-0.3, -0.25) is 4.79 Å². The lowest BCUT2D eigenvalue weighted by atomic mass is 9.96. The Kier molecular flexibility index (Phi) is 5.46. The van der Waals surface area contributed by atoms with Crippen LogP contribution < -0.4 is 5.32 Å². The molecule has 1 aliphatic heterocycles. The van der Waals surface area contributed by atoms with Crippen LogP contribution in [0.2, 0.25) is 4.34 Å². The van der Waals surface area contributed by atoms with Gasteiger partial charge in [-0.1, -0.05) is 32.4 Å². The molecule has 0 spiro atoms. The lowest BCUT2D eigenvalue weighted by molar-refractivity contribution is 0.0745. The number of anilines is 1. The highest BCUT2D eigenvalue weighted by Gasteiger charge is 2.29. The van der Waals surface area contributed by atoms with E-state index in [1.807, 2.05) is 32.9 Å². The molecule has 1 fully saturated rings. The fourth-order valence-corrected chi connectivity index (χ4v) is 3.67. The van der Waals surface area contributed by atoms with Crippen LogP contribution in [-0.4, -0.2) is 33.9 Å². The molecule has 0 amide bonds. The van der Waals surface area contributed by atoms with E-state index in [4.69, 9.17) is 16.3 Å². The largest absolute Gasteiger partial charge is 0.381 e. The molecule has 0 aromatic carbocycles. The van der Waals surface area contributed by atoms with Crippen molar-refractivity contribution in [2.75, 3.05) is 18.5 Å². The second kappa shape index (κ2) is 7.43. The summed E-state index contributed by atoms with van der Waals surface area (Å²) in [6.07, 6.45) is 1.77. The number of nitrogens with one attached hydrogen (secondary N) is 1. The SMILES string of the molecule is CC(C)(C)C(=O)n1nc(C2CCOCC2)nc1NCc1ccc(Cl)s1. The fraction of sp³-hybridized carbons (Fsp3) is 0.588. The van der Waals surface area contributed by atoms with E-state index in [-0.39, 0.29) is 11.8 Å². The first-order valence-electron chi connectivity index (χ1n) is 8.42. The minimum absolute atomic E-state index is 0.0787. The van der Waals surface area contributed by atoms with Crippen LogP contribution in [0, 0.1) is 5.41 Å². The van der Waals surface area contributed by atoms with Gasteiger partial charge in [-0.25, -0.2) is 0 Å². The topological polar surface area (TPSA) is 69.0 Å². The number of hydrogen-bond donors (Lipinski definition) is 1. The summed E-state index contributed by atoms with van der Waals surface area (Å²) in [6.45, 7) is 7.63. The van der Waals surface area contributed by atoms with Crippen LogP contribution in [-0.2, 0) is 11.3 Å². The Bertz CT molecular complexity index is 744. The van der Waals surface area contributed by atoms with Gasteiger partial charge in [0.15, 0.2) is 5.82 Å². The Morgan fingerprint density at radius 2 is 2.12 bits per heavy atom. The summed E-state index contributed by atoms with van der Waals surface area (Å²) >= 11 is 7.49. The average molecular weight is 383 g/mol. The van der Waals surface area contributed by atoms with Crippen molar-refractivity contribution in [1.29, 1.82) is 0 Å². The van der Waals surface area contributed by atoms with Crippen LogP contribution in [0.3, 0.4) is 0 Å². The first kappa shape index (κ1) is 18.4. The number of hydrogen-bond acceptors (Lipinski definition) is 6. The Morgan fingerprint density at radius 3 is 2.72 bits per heavy atom. The Hall–Kier alpha value is -1.44. The minimum Gasteiger partial charge on any atom is -0.381 e. The molecule has 0 unspecified atom stereocenters. The van der Waals surface area contributed by atoms with Crippen molar-refractivity contribution < 1.29 is 9.53 Å². The van der Waals surface area contributed by atoms with E-state index in [2.05, 4.69) is 15.4 Å². The molecule has 0 bridgehead atoms. The maximum atomic E-state index is 12.8. The van der Waals surface area contributed by atoms with Crippen LogP contribution in [0.15, 0.2) is 12.1 Å². The van der Waals surface area contributed by atoms with Crippen molar-refractivity contribution in [1.82, 2.24) is 14.8 Å². The van der Waals surface area contributed by atoms with E-state index in [0.29, 0.717) is 31.5 Å². The molecule has 0 aliphatic carbocycles. The molecule has 0 atom stereocenters. The third-order valence-corrected chi connectivity index (χ3v) is 5.32. The number of carbonyl (C=O) groups excluding carboxylic acids is 1. The van der Waals surface area contributed by atoms with E-state index in [0.717, 1.165) is 22.1 Å². The average Bonchev–Trinajstić information content (AvgIpc) is 3.18. The zero-order valence-corrected chi connectivity index (χ0v) is 16.3. The summed E-state index contributed by atoms with van der Waals surface area (Å²) < 4.78 is 7.57. The molecule has 1 aliphatic rings. The van der Waals surface area contributed by atoms with Crippen molar-refractivity contribution in [3.05, 3.63) is 27.2 Å². The quantitative estimate of drug-likeness (QED) is 0.858. The van der Waals surface area contributed by atoms with Crippen LogP contribution >= 0.6 is 22.9 Å². The highest BCUT2D eigenvalue weighted by molar-refractivity contribution is 7.16. The predicted molar refractivity (Wildman–Crippen MR) is 99.6 cm³/mol. The smallest absolute Gasteiger partial charge is 0.255 e. The van der Waals surface area contributed by atoms with Crippen molar-refractivity contribution in [2.45, 2.75) is 46.1 Å². The second-order valence-electron chi connectivity index (χ2n) is 7.21. The highest BCUT2D eigenvalue weighted by Crippen LogP contribution is 2.28. The van der Waals surface area contributed by atoms with E-state index in [9.17, 15) is 4.79 Å². The van der Waals surface area contributed by atoms with Crippen molar-refractivity contribution in [2.24, 2.45) is 5.41 Å². The van der Waals surface area contributed by atoms with E-state index in [1.165, 1.54) is 16.0 Å². The number of carbonyl (C=O) groups is 1. The van der Waals surface area contributed by atoms with Crippen molar-refractivity contribution in [3.63, 3.8) is 0 Å². The zero-order valence-electron chi connectivity index (χ0n) is 14.7. The fourth-order valence-electron chi connectivity index (χ4n) is 2.64. The molecular formula is C17H23ClN4O2S. The molecule has 2 aromatic heterocycles. The van der Waals surface area contributed by atoms with Gasteiger partial charge in [-0.05, 0) is 25.0 Å². The molecule has 136 valence electrons. The Morgan fingerprint density at radius 1 is 1.40 bits per heavy atom. The highest BCUT2D eigenvalue weighted by atomic mass is 35.5. The van der Waals surface area contributed by atoms with E-state index in [1.54, 1.807) is 0 Å². The van der Waals surface area contributed by atoms with Crippen LogP contribution in [0.1, 0.15) is 55.0 Å². The number of ether oxygens (including phenoxy) is 1. The van der Waals surface area contributed by atoms with Crippen LogP contribution in [0.4, 0.5) is 5.95 Å². The maximum absolute atomic E-state index is 12.8. The molecule has 8 heteroatoms. The van der Waals surface area contributed by atoms with Gasteiger partial charge in [0, 0.05) is 29.4 Å². The third kappa shape index (κ3) is 4.40.